The summed E-state index contributed by atoms with van der Waals surface area (Å²) < 4.78 is 40.1. The Bertz CT molecular complexity index is 1020. The second-order valence-corrected chi connectivity index (χ2v) is 7.41. The number of anilines is 2. The molecule has 1 heterocycles. The fourth-order valence-corrected chi connectivity index (χ4v) is 3.53. The summed E-state index contributed by atoms with van der Waals surface area (Å²) >= 11 is 3.46. The minimum Gasteiger partial charge on any atom is -0.399 e. The summed E-state index contributed by atoms with van der Waals surface area (Å²) in [6.45, 7) is 5.49. The maximum absolute atomic E-state index is 13.1. The van der Waals surface area contributed by atoms with Crippen molar-refractivity contribution in [3.63, 3.8) is 0 Å². The van der Waals surface area contributed by atoms with Crippen molar-refractivity contribution in [2.45, 2.75) is 33.0 Å². The minimum absolute atomic E-state index is 0.0655. The Labute approximate surface area is 163 Å². The van der Waals surface area contributed by atoms with Gasteiger partial charge in [-0.3, -0.25) is 0 Å². The number of rotatable bonds is 3. The van der Waals surface area contributed by atoms with Crippen LogP contribution < -0.4 is 11.1 Å². The van der Waals surface area contributed by atoms with Crippen molar-refractivity contribution < 1.29 is 13.2 Å². The van der Waals surface area contributed by atoms with Gasteiger partial charge in [0.15, 0.2) is 0 Å². The van der Waals surface area contributed by atoms with Gasteiger partial charge in [-0.15, -0.1) is 0 Å². The van der Waals surface area contributed by atoms with Gasteiger partial charge in [-0.25, -0.2) is 9.97 Å². The number of nitrogens with two attached hydrogens (primary N) is 1. The zero-order valence-electron chi connectivity index (χ0n) is 14.9. The van der Waals surface area contributed by atoms with E-state index < -0.39 is 17.8 Å². The van der Waals surface area contributed by atoms with E-state index >= 15 is 0 Å². The van der Waals surface area contributed by atoms with E-state index in [1.807, 2.05) is 19.1 Å². The molecule has 4 nitrogen and oxygen atoms in total. The molecule has 142 valence electrons. The lowest BCUT2D eigenvalue weighted by molar-refractivity contribution is -0.137. The Kier molecular flexibility index (Phi) is 5.03. The van der Waals surface area contributed by atoms with Crippen LogP contribution >= 0.6 is 15.9 Å². The molecule has 0 saturated carbocycles. The molecule has 3 N–H and O–H groups in total. The largest absolute Gasteiger partial charge is 0.416 e. The van der Waals surface area contributed by atoms with Crippen LogP contribution in [0.15, 0.2) is 34.8 Å². The first-order chi connectivity index (χ1) is 12.5. The van der Waals surface area contributed by atoms with Gasteiger partial charge in [-0.1, -0.05) is 15.9 Å². The van der Waals surface area contributed by atoms with E-state index in [0.29, 0.717) is 17.2 Å². The van der Waals surface area contributed by atoms with E-state index in [1.54, 1.807) is 13.8 Å². The van der Waals surface area contributed by atoms with Crippen LogP contribution in [-0.4, -0.2) is 9.97 Å². The lowest BCUT2D eigenvalue weighted by atomic mass is 10.0. The van der Waals surface area contributed by atoms with Crippen molar-refractivity contribution in [3.8, 4) is 0 Å². The molecule has 0 amide bonds. The van der Waals surface area contributed by atoms with E-state index in [-0.39, 0.29) is 5.69 Å². The van der Waals surface area contributed by atoms with Crippen molar-refractivity contribution in [1.82, 2.24) is 9.97 Å². The smallest absolute Gasteiger partial charge is 0.399 e. The maximum Gasteiger partial charge on any atom is 0.416 e. The molecule has 0 aliphatic heterocycles. The van der Waals surface area contributed by atoms with Crippen LogP contribution in [0.3, 0.4) is 0 Å². The van der Waals surface area contributed by atoms with Gasteiger partial charge in [-0.2, -0.15) is 13.2 Å². The third kappa shape index (κ3) is 4.16. The zero-order valence-corrected chi connectivity index (χ0v) is 16.5. The molecule has 3 rings (SSSR count). The molecule has 0 unspecified atom stereocenters. The highest BCUT2D eigenvalue weighted by atomic mass is 79.9. The first-order valence-corrected chi connectivity index (χ1v) is 9.02. The topological polar surface area (TPSA) is 63.8 Å². The first kappa shape index (κ1) is 19.4. The molecule has 1 aromatic heterocycles. The molecule has 0 aliphatic carbocycles. The number of aromatic nitrogens is 2. The molecule has 0 saturated heterocycles. The summed E-state index contributed by atoms with van der Waals surface area (Å²) in [7, 11) is 0. The van der Waals surface area contributed by atoms with Gasteiger partial charge in [0.25, 0.3) is 0 Å². The second-order valence-electron chi connectivity index (χ2n) is 6.49. The minimum atomic E-state index is -4.45. The van der Waals surface area contributed by atoms with Crippen molar-refractivity contribution in [2.24, 2.45) is 0 Å². The van der Waals surface area contributed by atoms with Gasteiger partial charge in [0, 0.05) is 15.5 Å². The van der Waals surface area contributed by atoms with Crippen molar-refractivity contribution in [3.05, 3.63) is 57.3 Å². The van der Waals surface area contributed by atoms with Gasteiger partial charge >= 0.3 is 6.18 Å². The molecule has 1 atom stereocenters. The van der Waals surface area contributed by atoms with Crippen molar-refractivity contribution in [1.29, 1.82) is 0 Å². The average Bonchev–Trinajstić information content (AvgIpc) is 2.54. The van der Waals surface area contributed by atoms with Crippen LogP contribution in [0.1, 0.15) is 35.5 Å². The monoisotopic (exact) mass is 438 g/mol. The Hall–Kier alpha value is -2.35. The molecule has 2 aromatic carbocycles. The maximum atomic E-state index is 13.1. The highest BCUT2D eigenvalue weighted by molar-refractivity contribution is 9.10. The molecule has 8 heteroatoms. The number of fused-ring (bicyclic) bond motifs is 1. The number of benzene rings is 2. The van der Waals surface area contributed by atoms with Crippen LogP contribution in [0.5, 0.6) is 0 Å². The number of halogens is 4. The summed E-state index contributed by atoms with van der Waals surface area (Å²) in [6, 6.07) is 6.97. The SMILES string of the molecule is Cc1nc(N[C@H](C)c2cc(N)cc(C(F)(F)F)c2)c2cc(Br)cc(C)c2n1. The van der Waals surface area contributed by atoms with Crippen molar-refractivity contribution >= 4 is 38.3 Å². The van der Waals surface area contributed by atoms with Crippen LogP contribution in [0, 0.1) is 13.8 Å². The van der Waals surface area contributed by atoms with E-state index in [9.17, 15) is 13.2 Å². The lowest BCUT2D eigenvalue weighted by Gasteiger charge is -2.19. The Morgan fingerprint density at radius 2 is 1.78 bits per heavy atom. The highest BCUT2D eigenvalue weighted by Crippen LogP contribution is 2.34. The number of nitrogens with one attached hydrogen (secondary N) is 1. The summed E-state index contributed by atoms with van der Waals surface area (Å²) in [5.41, 5.74) is 7.18. The summed E-state index contributed by atoms with van der Waals surface area (Å²) in [5, 5.41) is 4.00. The summed E-state index contributed by atoms with van der Waals surface area (Å²) in [5.74, 6) is 1.14. The van der Waals surface area contributed by atoms with Gasteiger partial charge < -0.3 is 11.1 Å². The third-order valence-electron chi connectivity index (χ3n) is 4.23. The fourth-order valence-electron chi connectivity index (χ4n) is 2.96. The van der Waals surface area contributed by atoms with Crippen LogP contribution in [0.2, 0.25) is 0 Å². The summed E-state index contributed by atoms with van der Waals surface area (Å²) in [6.07, 6.45) is -4.45. The second kappa shape index (κ2) is 6.99. The number of aryl methyl sites for hydroxylation is 2. The van der Waals surface area contributed by atoms with E-state index in [4.69, 9.17) is 5.73 Å². The number of hydrogen-bond donors (Lipinski definition) is 2. The molecule has 0 aliphatic rings. The van der Waals surface area contributed by atoms with Gasteiger partial charge in [0.2, 0.25) is 0 Å². The van der Waals surface area contributed by atoms with E-state index in [0.717, 1.165) is 33.1 Å². The number of hydrogen-bond acceptors (Lipinski definition) is 4. The van der Waals surface area contributed by atoms with Gasteiger partial charge in [0.1, 0.15) is 11.6 Å². The predicted molar refractivity (Wildman–Crippen MR) is 105 cm³/mol. The van der Waals surface area contributed by atoms with E-state index in [1.165, 1.54) is 6.07 Å². The molecule has 27 heavy (non-hydrogen) atoms. The average molecular weight is 439 g/mol. The Morgan fingerprint density at radius 3 is 2.44 bits per heavy atom. The first-order valence-electron chi connectivity index (χ1n) is 8.23. The molecular weight excluding hydrogens is 421 g/mol. The summed E-state index contributed by atoms with van der Waals surface area (Å²) in [4.78, 5) is 8.92. The number of alkyl halides is 3. The highest BCUT2D eigenvalue weighted by Gasteiger charge is 2.31. The molecule has 0 radical (unpaired) electrons. The Balaban J connectivity index is 2.04. The fraction of sp³-hybridized carbons (Fsp3) is 0.263. The molecule has 3 aromatic rings. The Morgan fingerprint density at radius 1 is 1.07 bits per heavy atom. The molecule has 0 bridgehead atoms. The van der Waals surface area contributed by atoms with Crippen LogP contribution in [0.4, 0.5) is 24.7 Å². The van der Waals surface area contributed by atoms with Crippen LogP contribution in [-0.2, 0) is 6.18 Å². The molecular formula is C19H18BrF3N4. The molecule has 0 fully saturated rings. The quantitative estimate of drug-likeness (QED) is 0.508. The van der Waals surface area contributed by atoms with Gasteiger partial charge in [0.05, 0.1) is 17.1 Å². The third-order valence-corrected chi connectivity index (χ3v) is 4.68. The van der Waals surface area contributed by atoms with Gasteiger partial charge in [-0.05, 0) is 62.2 Å². The lowest BCUT2D eigenvalue weighted by Crippen LogP contribution is -2.13. The van der Waals surface area contributed by atoms with Crippen LogP contribution in [0.25, 0.3) is 10.9 Å². The van der Waals surface area contributed by atoms with Crippen molar-refractivity contribution in [2.75, 3.05) is 11.1 Å². The normalized spacial score (nSPS) is 13.0. The standard InChI is InChI=1S/C19H18BrF3N4/c1-9-4-14(20)8-16-17(9)26-11(3)27-18(16)25-10(2)12-5-13(19(21,22)23)7-15(24)6-12/h4-8,10H,24H2,1-3H3,(H,25,26,27)/t10-/m1/s1. The molecule has 0 spiro atoms. The van der Waals surface area contributed by atoms with E-state index in [2.05, 4.69) is 31.2 Å². The number of nitrogen functional groups attached to an aromatic ring is 1. The predicted octanol–water partition coefficient (Wildman–Crippen LogP) is 5.78. The number of nitrogens with zero attached hydrogens (tertiary/aromatic N) is 2. The zero-order chi connectivity index (χ0) is 19.9.